The molecule has 0 heterocycles. The molecule has 1 saturated carbocycles. The molecule has 1 fully saturated rings. The summed E-state index contributed by atoms with van der Waals surface area (Å²) in [5, 5.41) is 10.7. The zero-order valence-corrected chi connectivity index (χ0v) is 6.63. The largest absolute Gasteiger partial charge is 0.343 e. The highest BCUT2D eigenvalue weighted by atomic mass is 16.1. The van der Waals surface area contributed by atoms with Crippen LogP contribution in [0.2, 0.25) is 0 Å². The molecule has 11 heavy (non-hydrogen) atoms. The lowest BCUT2D eigenvalue weighted by molar-refractivity contribution is -0.124. The lowest BCUT2D eigenvalue weighted by Crippen LogP contribution is -2.30. The average molecular weight is 152 g/mol. The maximum absolute atomic E-state index is 11.1. The molecule has 0 saturated heterocycles. The molecular formula is C8H12N2O. The predicted molar refractivity (Wildman–Crippen MR) is 40.5 cm³/mol. The van der Waals surface area contributed by atoms with Gasteiger partial charge in [-0.25, -0.2) is 0 Å². The SMILES string of the molecule is CC(C(=O)NCC#N)C1CC1. The van der Waals surface area contributed by atoms with Gasteiger partial charge in [0.25, 0.3) is 0 Å². The van der Waals surface area contributed by atoms with Gasteiger partial charge in [-0.05, 0) is 18.8 Å². The summed E-state index contributed by atoms with van der Waals surface area (Å²) in [6.07, 6.45) is 2.34. The van der Waals surface area contributed by atoms with Crippen molar-refractivity contribution in [1.29, 1.82) is 5.26 Å². The van der Waals surface area contributed by atoms with Gasteiger partial charge in [0.05, 0.1) is 6.07 Å². The smallest absolute Gasteiger partial charge is 0.223 e. The van der Waals surface area contributed by atoms with Gasteiger partial charge < -0.3 is 5.32 Å². The van der Waals surface area contributed by atoms with Crippen LogP contribution in [0.1, 0.15) is 19.8 Å². The van der Waals surface area contributed by atoms with Crippen LogP contribution in [0.25, 0.3) is 0 Å². The van der Waals surface area contributed by atoms with Crippen molar-refractivity contribution in [2.75, 3.05) is 6.54 Å². The molecule has 1 N–H and O–H groups in total. The first-order valence-corrected chi connectivity index (χ1v) is 3.90. The zero-order valence-electron chi connectivity index (χ0n) is 6.63. The fourth-order valence-electron chi connectivity index (χ4n) is 1.10. The number of carbonyl (C=O) groups is 1. The van der Waals surface area contributed by atoms with Gasteiger partial charge in [-0.1, -0.05) is 6.92 Å². The number of nitrogens with zero attached hydrogens (tertiary/aromatic N) is 1. The Kier molecular flexibility index (Phi) is 2.48. The second-order valence-electron chi connectivity index (χ2n) is 3.00. The molecule has 0 aliphatic heterocycles. The summed E-state index contributed by atoms with van der Waals surface area (Å²) in [6.45, 7) is 2.06. The number of rotatable bonds is 3. The van der Waals surface area contributed by atoms with E-state index >= 15 is 0 Å². The van der Waals surface area contributed by atoms with E-state index in [1.54, 1.807) is 0 Å². The first-order chi connectivity index (χ1) is 5.25. The molecule has 1 amide bonds. The van der Waals surface area contributed by atoms with E-state index in [0.29, 0.717) is 5.92 Å². The monoisotopic (exact) mass is 152 g/mol. The van der Waals surface area contributed by atoms with Crippen LogP contribution in [0.5, 0.6) is 0 Å². The summed E-state index contributed by atoms with van der Waals surface area (Å²) in [6, 6.07) is 1.88. The van der Waals surface area contributed by atoms with E-state index < -0.39 is 0 Å². The molecule has 1 atom stereocenters. The Hall–Kier alpha value is -1.04. The third kappa shape index (κ3) is 2.23. The summed E-state index contributed by atoms with van der Waals surface area (Å²) in [7, 11) is 0. The van der Waals surface area contributed by atoms with Crippen LogP contribution in [-0.4, -0.2) is 12.5 Å². The molecule has 0 aromatic carbocycles. The Morgan fingerprint density at radius 1 is 1.82 bits per heavy atom. The molecule has 1 aliphatic carbocycles. The predicted octanol–water partition coefficient (Wildman–Crippen LogP) is 0.672. The molecule has 3 nitrogen and oxygen atoms in total. The Labute approximate surface area is 66.4 Å². The van der Waals surface area contributed by atoms with Crippen molar-refractivity contribution in [1.82, 2.24) is 5.32 Å². The maximum atomic E-state index is 11.1. The average Bonchev–Trinajstić information content (AvgIpc) is 2.81. The van der Waals surface area contributed by atoms with Crippen LogP contribution >= 0.6 is 0 Å². The molecular weight excluding hydrogens is 140 g/mol. The van der Waals surface area contributed by atoms with Crippen LogP contribution in [0, 0.1) is 23.2 Å². The Balaban J connectivity index is 2.23. The van der Waals surface area contributed by atoms with E-state index in [9.17, 15) is 4.79 Å². The Morgan fingerprint density at radius 3 is 2.91 bits per heavy atom. The number of amides is 1. The molecule has 0 bridgehead atoms. The van der Waals surface area contributed by atoms with Crippen molar-refractivity contribution in [3.05, 3.63) is 0 Å². The highest BCUT2D eigenvalue weighted by Gasteiger charge is 2.32. The normalized spacial score (nSPS) is 18.5. The number of hydrogen-bond acceptors (Lipinski definition) is 2. The van der Waals surface area contributed by atoms with Crippen LogP contribution in [-0.2, 0) is 4.79 Å². The first-order valence-electron chi connectivity index (χ1n) is 3.90. The van der Waals surface area contributed by atoms with Crippen molar-refractivity contribution >= 4 is 5.91 Å². The second-order valence-corrected chi connectivity index (χ2v) is 3.00. The topological polar surface area (TPSA) is 52.9 Å². The van der Waals surface area contributed by atoms with E-state index in [0.717, 1.165) is 0 Å². The van der Waals surface area contributed by atoms with E-state index in [-0.39, 0.29) is 18.4 Å². The van der Waals surface area contributed by atoms with Crippen LogP contribution in [0.3, 0.4) is 0 Å². The third-order valence-corrected chi connectivity index (χ3v) is 2.08. The number of nitriles is 1. The van der Waals surface area contributed by atoms with Crippen molar-refractivity contribution in [2.24, 2.45) is 11.8 Å². The van der Waals surface area contributed by atoms with Gasteiger partial charge in [0, 0.05) is 5.92 Å². The minimum absolute atomic E-state index is 0.0223. The Bertz CT molecular complexity index is 191. The lowest BCUT2D eigenvalue weighted by atomic mass is 10.1. The maximum Gasteiger partial charge on any atom is 0.223 e. The van der Waals surface area contributed by atoms with E-state index in [2.05, 4.69) is 5.32 Å². The molecule has 1 unspecified atom stereocenters. The first kappa shape index (κ1) is 8.06. The van der Waals surface area contributed by atoms with Gasteiger partial charge in [0.15, 0.2) is 0 Å². The van der Waals surface area contributed by atoms with Crippen LogP contribution in [0.4, 0.5) is 0 Å². The molecule has 0 spiro atoms. The summed E-state index contributed by atoms with van der Waals surface area (Å²) >= 11 is 0. The van der Waals surface area contributed by atoms with Gasteiger partial charge >= 0.3 is 0 Å². The minimum atomic E-state index is 0.0223. The summed E-state index contributed by atoms with van der Waals surface area (Å²) < 4.78 is 0. The highest BCUT2D eigenvalue weighted by Crippen LogP contribution is 2.36. The standard InChI is InChI=1S/C8H12N2O/c1-6(7-2-3-7)8(11)10-5-4-9/h6-7H,2-3,5H2,1H3,(H,10,11). The van der Waals surface area contributed by atoms with Crippen molar-refractivity contribution < 1.29 is 4.79 Å². The summed E-state index contributed by atoms with van der Waals surface area (Å²) in [4.78, 5) is 11.1. The third-order valence-electron chi connectivity index (χ3n) is 2.08. The van der Waals surface area contributed by atoms with Gasteiger partial charge in [-0.15, -0.1) is 0 Å². The van der Waals surface area contributed by atoms with Gasteiger partial charge in [0.2, 0.25) is 5.91 Å². The molecule has 3 heteroatoms. The van der Waals surface area contributed by atoms with Gasteiger partial charge in [0.1, 0.15) is 6.54 Å². The molecule has 60 valence electrons. The second kappa shape index (κ2) is 3.38. The molecule has 1 aliphatic rings. The van der Waals surface area contributed by atoms with Gasteiger partial charge in [-0.3, -0.25) is 4.79 Å². The van der Waals surface area contributed by atoms with Crippen molar-refractivity contribution in [2.45, 2.75) is 19.8 Å². The van der Waals surface area contributed by atoms with Crippen LogP contribution < -0.4 is 5.32 Å². The van der Waals surface area contributed by atoms with Crippen molar-refractivity contribution in [3.63, 3.8) is 0 Å². The minimum Gasteiger partial charge on any atom is -0.343 e. The van der Waals surface area contributed by atoms with Crippen LogP contribution in [0.15, 0.2) is 0 Å². The number of nitrogens with one attached hydrogen (secondary N) is 1. The fraction of sp³-hybridized carbons (Fsp3) is 0.750. The van der Waals surface area contributed by atoms with Gasteiger partial charge in [-0.2, -0.15) is 5.26 Å². The Morgan fingerprint density at radius 2 is 2.45 bits per heavy atom. The number of carbonyl (C=O) groups excluding carboxylic acids is 1. The fourth-order valence-corrected chi connectivity index (χ4v) is 1.10. The van der Waals surface area contributed by atoms with E-state index in [1.807, 2.05) is 13.0 Å². The molecule has 1 rings (SSSR count). The summed E-state index contributed by atoms with van der Waals surface area (Å²) in [5.74, 6) is 0.700. The highest BCUT2D eigenvalue weighted by molar-refractivity contribution is 5.79. The van der Waals surface area contributed by atoms with E-state index in [4.69, 9.17) is 5.26 Å². The zero-order chi connectivity index (χ0) is 8.27. The summed E-state index contributed by atoms with van der Waals surface area (Å²) in [5.41, 5.74) is 0. The molecule has 0 radical (unpaired) electrons. The van der Waals surface area contributed by atoms with Crippen molar-refractivity contribution in [3.8, 4) is 6.07 Å². The van der Waals surface area contributed by atoms with E-state index in [1.165, 1.54) is 12.8 Å². The lowest BCUT2D eigenvalue weighted by Gasteiger charge is -2.07. The molecule has 0 aromatic heterocycles. The number of hydrogen-bond donors (Lipinski definition) is 1. The quantitative estimate of drug-likeness (QED) is 0.604. The molecule has 0 aromatic rings.